The van der Waals surface area contributed by atoms with Crippen molar-refractivity contribution < 1.29 is 27.8 Å². The van der Waals surface area contributed by atoms with Gasteiger partial charge in [0, 0.05) is 24.2 Å². The monoisotopic (exact) mass is 578 g/mol. The maximum absolute atomic E-state index is 14.5. The summed E-state index contributed by atoms with van der Waals surface area (Å²) >= 11 is 7.36. The number of nitrogens with zero attached hydrogens (tertiary/aromatic N) is 1. The lowest BCUT2D eigenvalue weighted by Crippen LogP contribution is -2.46. The highest BCUT2D eigenvalue weighted by Crippen LogP contribution is 2.40. The number of esters is 1. The van der Waals surface area contributed by atoms with E-state index in [9.17, 15) is 18.4 Å². The van der Waals surface area contributed by atoms with E-state index in [2.05, 4.69) is 5.32 Å². The molecule has 0 atom stereocenters. The maximum atomic E-state index is 14.5. The largest absolute Gasteiger partial charge is 0.496 e. The van der Waals surface area contributed by atoms with Crippen LogP contribution in [-0.2, 0) is 16.1 Å². The van der Waals surface area contributed by atoms with Gasteiger partial charge in [0.25, 0.3) is 5.91 Å². The number of amides is 1. The fourth-order valence-electron chi connectivity index (χ4n) is 4.95. The van der Waals surface area contributed by atoms with Crippen LogP contribution in [0.4, 0.5) is 8.78 Å². The average Bonchev–Trinajstić information content (AvgIpc) is 3.26. The molecule has 1 aliphatic rings. The van der Waals surface area contributed by atoms with Gasteiger partial charge in [0.15, 0.2) is 0 Å². The first-order valence-corrected chi connectivity index (χ1v) is 14.1. The normalized spacial score (nSPS) is 17.7. The van der Waals surface area contributed by atoms with Crippen molar-refractivity contribution in [2.75, 3.05) is 13.7 Å². The molecule has 0 bridgehead atoms. The van der Waals surface area contributed by atoms with E-state index in [0.717, 1.165) is 41.9 Å². The molecule has 210 valence electrons. The molecule has 0 unspecified atom stereocenters. The van der Waals surface area contributed by atoms with Gasteiger partial charge in [-0.05, 0) is 64.7 Å². The molecule has 1 aromatic heterocycles. The van der Waals surface area contributed by atoms with Crippen LogP contribution in [0.25, 0.3) is 10.1 Å². The molecule has 0 aliphatic heterocycles. The van der Waals surface area contributed by atoms with Crippen molar-refractivity contribution in [1.82, 2.24) is 10.2 Å². The van der Waals surface area contributed by atoms with Gasteiger partial charge in [0.2, 0.25) is 0 Å². The Labute approximate surface area is 236 Å². The van der Waals surface area contributed by atoms with E-state index < -0.39 is 17.2 Å². The molecule has 4 rings (SSSR count). The van der Waals surface area contributed by atoms with Gasteiger partial charge in [0.1, 0.15) is 27.9 Å². The molecule has 1 saturated carbocycles. The van der Waals surface area contributed by atoms with Gasteiger partial charge in [-0.25, -0.2) is 8.78 Å². The van der Waals surface area contributed by atoms with Gasteiger partial charge in [-0.15, -0.1) is 11.3 Å². The van der Waals surface area contributed by atoms with Gasteiger partial charge in [-0.2, -0.15) is 0 Å². The summed E-state index contributed by atoms with van der Waals surface area (Å²) in [6.45, 7) is 5.85. The summed E-state index contributed by atoms with van der Waals surface area (Å²) < 4.78 is 40.0. The number of carbonyl (C=O) groups excluding carboxylic acids is 2. The van der Waals surface area contributed by atoms with Crippen LogP contribution in [0.2, 0.25) is 5.02 Å². The van der Waals surface area contributed by atoms with Gasteiger partial charge >= 0.3 is 5.97 Å². The van der Waals surface area contributed by atoms with Crippen molar-refractivity contribution in [2.24, 2.45) is 0 Å². The Morgan fingerprint density at radius 1 is 1.08 bits per heavy atom. The highest BCUT2D eigenvalue weighted by Gasteiger charge is 2.33. The van der Waals surface area contributed by atoms with Crippen LogP contribution in [0, 0.1) is 11.6 Å². The second kappa shape index (κ2) is 12.2. The molecule has 2 aromatic carbocycles. The second-order valence-electron chi connectivity index (χ2n) is 10.7. The first-order chi connectivity index (χ1) is 18.5. The Hall–Kier alpha value is -2.75. The van der Waals surface area contributed by atoms with Crippen LogP contribution in [-0.4, -0.2) is 48.1 Å². The van der Waals surface area contributed by atoms with Crippen molar-refractivity contribution in [3.8, 4) is 5.75 Å². The highest BCUT2D eigenvalue weighted by atomic mass is 35.5. The Morgan fingerprint density at radius 3 is 2.38 bits per heavy atom. The average molecular weight is 579 g/mol. The summed E-state index contributed by atoms with van der Waals surface area (Å²) in [5.74, 6) is -1.33. The van der Waals surface area contributed by atoms with E-state index in [4.69, 9.17) is 21.1 Å². The molecule has 10 heteroatoms. The number of fused-ring (bicyclic) bond motifs is 1. The smallest absolute Gasteiger partial charge is 0.320 e. The van der Waals surface area contributed by atoms with Crippen LogP contribution < -0.4 is 10.1 Å². The standard InChI is InChI=1S/C29H33ClF2N2O4S/c1-29(2,3)38-23(35)15-33-18-9-11-19(12-10-18)34(16-17-7-5-6-8-22(17)37-4)28(36)27-25(30)24-20(31)13-14-21(32)26(24)39-27/h5-8,13-14,18-19,33H,9-12,15-16H2,1-4H3. The Balaban J connectivity index is 1.56. The van der Waals surface area contributed by atoms with Crippen LogP contribution in [0.5, 0.6) is 5.75 Å². The number of ether oxygens (including phenoxy) is 2. The number of benzene rings is 2. The van der Waals surface area contributed by atoms with E-state index >= 15 is 0 Å². The molecular formula is C29H33ClF2N2O4S. The van der Waals surface area contributed by atoms with E-state index in [1.807, 2.05) is 45.0 Å². The van der Waals surface area contributed by atoms with E-state index in [0.29, 0.717) is 18.6 Å². The molecule has 0 saturated heterocycles. The van der Waals surface area contributed by atoms with Crippen molar-refractivity contribution in [3.63, 3.8) is 0 Å². The summed E-state index contributed by atoms with van der Waals surface area (Å²) in [4.78, 5) is 27.9. The Morgan fingerprint density at radius 2 is 1.74 bits per heavy atom. The fraction of sp³-hybridized carbons (Fsp3) is 0.448. The van der Waals surface area contributed by atoms with Gasteiger partial charge in [-0.3, -0.25) is 9.59 Å². The van der Waals surface area contributed by atoms with Gasteiger partial charge in [-0.1, -0.05) is 29.8 Å². The van der Waals surface area contributed by atoms with Crippen LogP contribution in [0.3, 0.4) is 0 Å². The molecular weight excluding hydrogens is 546 g/mol. The lowest BCUT2D eigenvalue weighted by Gasteiger charge is -2.37. The number of rotatable bonds is 8. The summed E-state index contributed by atoms with van der Waals surface area (Å²) in [7, 11) is 1.57. The number of para-hydroxylation sites is 1. The van der Waals surface area contributed by atoms with Crippen molar-refractivity contribution in [2.45, 2.75) is 70.7 Å². The van der Waals surface area contributed by atoms with Gasteiger partial charge < -0.3 is 19.7 Å². The zero-order valence-electron chi connectivity index (χ0n) is 22.5. The molecule has 1 aliphatic carbocycles. The third-order valence-electron chi connectivity index (χ3n) is 6.76. The van der Waals surface area contributed by atoms with Gasteiger partial charge in [0.05, 0.1) is 28.8 Å². The summed E-state index contributed by atoms with van der Waals surface area (Å²) in [6.07, 6.45) is 2.84. The number of carbonyl (C=O) groups is 2. The maximum Gasteiger partial charge on any atom is 0.320 e. The number of nitrogens with one attached hydrogen (secondary N) is 1. The molecule has 6 nitrogen and oxygen atoms in total. The van der Waals surface area contributed by atoms with Crippen molar-refractivity contribution in [1.29, 1.82) is 0 Å². The molecule has 39 heavy (non-hydrogen) atoms. The van der Waals surface area contributed by atoms with Crippen molar-refractivity contribution >= 4 is 44.9 Å². The minimum atomic E-state index is -0.667. The quantitative estimate of drug-likeness (QED) is 0.300. The molecule has 3 aromatic rings. The van der Waals surface area contributed by atoms with Crippen LogP contribution >= 0.6 is 22.9 Å². The summed E-state index contributed by atoms with van der Waals surface area (Å²) in [6, 6.07) is 9.45. The van der Waals surface area contributed by atoms with E-state index in [1.54, 1.807) is 12.0 Å². The first kappa shape index (κ1) is 29.2. The number of thiophene rings is 1. The van der Waals surface area contributed by atoms with Crippen molar-refractivity contribution in [3.05, 3.63) is 63.5 Å². The molecule has 0 radical (unpaired) electrons. The van der Waals surface area contributed by atoms with E-state index in [1.165, 1.54) is 0 Å². The predicted molar refractivity (Wildman–Crippen MR) is 150 cm³/mol. The van der Waals surface area contributed by atoms with Crippen LogP contribution in [0.1, 0.15) is 61.7 Å². The summed E-state index contributed by atoms with van der Waals surface area (Å²) in [5.41, 5.74) is 0.267. The number of hydrogen-bond donors (Lipinski definition) is 1. The molecule has 1 heterocycles. The third-order valence-corrected chi connectivity index (χ3v) is 8.44. The summed E-state index contributed by atoms with van der Waals surface area (Å²) in [5, 5.41) is 3.12. The number of halogens is 3. The lowest BCUT2D eigenvalue weighted by molar-refractivity contribution is -0.153. The predicted octanol–water partition coefficient (Wildman–Crippen LogP) is 6.73. The Bertz CT molecular complexity index is 1350. The minimum absolute atomic E-state index is 0.0237. The lowest BCUT2D eigenvalue weighted by atomic mass is 9.89. The molecule has 1 amide bonds. The first-order valence-electron chi connectivity index (χ1n) is 12.9. The molecule has 0 spiro atoms. The molecule has 1 fully saturated rings. The topological polar surface area (TPSA) is 67.9 Å². The zero-order chi connectivity index (χ0) is 28.3. The SMILES string of the molecule is COc1ccccc1CN(C(=O)c1sc2c(F)ccc(F)c2c1Cl)C1CCC(NCC(=O)OC(C)(C)C)CC1. The highest BCUT2D eigenvalue weighted by molar-refractivity contribution is 7.21. The third kappa shape index (κ3) is 6.88. The minimum Gasteiger partial charge on any atom is -0.496 e. The fourth-order valence-corrected chi connectivity index (χ4v) is 6.45. The number of methoxy groups -OCH3 is 1. The number of hydrogen-bond acceptors (Lipinski definition) is 6. The second-order valence-corrected chi connectivity index (χ2v) is 12.1. The van der Waals surface area contributed by atoms with Crippen LogP contribution in [0.15, 0.2) is 36.4 Å². The zero-order valence-corrected chi connectivity index (χ0v) is 24.1. The van der Waals surface area contributed by atoms with E-state index in [-0.39, 0.29) is 57.0 Å². The Kier molecular flexibility index (Phi) is 9.14. The molecule has 1 N–H and O–H groups in total.